The zero-order valence-electron chi connectivity index (χ0n) is 19.7. The Hall–Kier alpha value is -3.39. The minimum Gasteiger partial charge on any atom is -0.481 e. The summed E-state index contributed by atoms with van der Waals surface area (Å²) in [6.07, 6.45) is 0.425. The minimum atomic E-state index is -0.889. The van der Waals surface area contributed by atoms with Crippen LogP contribution in [0.15, 0.2) is 48.5 Å². The molecule has 8 heteroatoms. The highest BCUT2D eigenvalue weighted by molar-refractivity contribution is 5.86. The van der Waals surface area contributed by atoms with Crippen LogP contribution >= 0.6 is 0 Å². The molecule has 0 saturated heterocycles. The SMILES string of the molecule is CCN(CCCCC(=O)O)C(=O)C(COC)NC(=O)OCC1c2ccccc2-c2ccccc21. The standard InChI is InChI=1S/C26H32N2O6/c1-3-28(15-9-8-14-24(29)30)25(31)23(17-33-2)27-26(32)34-16-22-20-12-6-4-10-18(20)19-11-5-7-13-21(19)22/h4-7,10-13,22-23H,3,8-9,14-17H2,1-2H3,(H,27,32)(H,29,30). The number of methoxy groups -OCH3 is 1. The molecule has 34 heavy (non-hydrogen) atoms. The van der Waals surface area contributed by atoms with Crippen LogP contribution in [0.1, 0.15) is 43.2 Å². The van der Waals surface area contributed by atoms with E-state index in [0.29, 0.717) is 25.9 Å². The van der Waals surface area contributed by atoms with E-state index in [9.17, 15) is 14.4 Å². The molecule has 0 saturated carbocycles. The van der Waals surface area contributed by atoms with Crippen molar-refractivity contribution in [2.45, 2.75) is 38.1 Å². The molecule has 1 unspecified atom stereocenters. The van der Waals surface area contributed by atoms with Crippen LogP contribution in [0.25, 0.3) is 11.1 Å². The number of nitrogens with one attached hydrogen (secondary N) is 1. The lowest BCUT2D eigenvalue weighted by Gasteiger charge is -2.26. The van der Waals surface area contributed by atoms with Crippen molar-refractivity contribution in [2.24, 2.45) is 0 Å². The van der Waals surface area contributed by atoms with Gasteiger partial charge in [0, 0.05) is 32.5 Å². The summed E-state index contributed by atoms with van der Waals surface area (Å²) in [4.78, 5) is 37.9. The Bertz CT molecular complexity index is 963. The highest BCUT2D eigenvalue weighted by Crippen LogP contribution is 2.44. The van der Waals surface area contributed by atoms with Crippen LogP contribution in [0.5, 0.6) is 0 Å². The number of carboxylic acid groups (broad SMARTS) is 1. The van der Waals surface area contributed by atoms with Crippen LogP contribution in [0.2, 0.25) is 0 Å². The van der Waals surface area contributed by atoms with E-state index in [1.807, 2.05) is 43.3 Å². The Kier molecular flexibility index (Phi) is 9.04. The summed E-state index contributed by atoms with van der Waals surface area (Å²) in [5.41, 5.74) is 4.50. The third kappa shape index (κ3) is 6.14. The molecule has 2 aromatic carbocycles. The van der Waals surface area contributed by atoms with E-state index in [0.717, 1.165) is 22.3 Å². The molecule has 1 aliphatic carbocycles. The van der Waals surface area contributed by atoms with Crippen LogP contribution in [0.3, 0.4) is 0 Å². The fraction of sp³-hybridized carbons (Fsp3) is 0.423. The van der Waals surface area contributed by atoms with Gasteiger partial charge < -0.3 is 24.8 Å². The Labute approximate surface area is 199 Å². The molecule has 0 heterocycles. The third-order valence-corrected chi connectivity index (χ3v) is 6.03. The van der Waals surface area contributed by atoms with Gasteiger partial charge in [-0.3, -0.25) is 9.59 Å². The molecule has 3 rings (SSSR count). The fourth-order valence-electron chi connectivity index (χ4n) is 4.35. The van der Waals surface area contributed by atoms with Gasteiger partial charge in [-0.25, -0.2) is 4.79 Å². The van der Waals surface area contributed by atoms with E-state index in [4.69, 9.17) is 14.6 Å². The van der Waals surface area contributed by atoms with Crippen molar-refractivity contribution < 1.29 is 29.0 Å². The average molecular weight is 469 g/mol. The van der Waals surface area contributed by atoms with Gasteiger partial charge in [-0.2, -0.15) is 0 Å². The summed E-state index contributed by atoms with van der Waals surface area (Å²) in [5.74, 6) is -1.21. The van der Waals surface area contributed by atoms with Crippen molar-refractivity contribution in [2.75, 3.05) is 33.4 Å². The number of likely N-dealkylation sites (N-methyl/N-ethyl adjacent to an activating group) is 1. The molecule has 0 spiro atoms. The number of amides is 2. The number of nitrogens with zero attached hydrogens (tertiary/aromatic N) is 1. The molecule has 1 atom stereocenters. The van der Waals surface area contributed by atoms with Gasteiger partial charge in [0.15, 0.2) is 0 Å². The molecule has 2 N–H and O–H groups in total. The van der Waals surface area contributed by atoms with Gasteiger partial charge in [0.25, 0.3) is 0 Å². The number of hydrogen-bond acceptors (Lipinski definition) is 5. The van der Waals surface area contributed by atoms with E-state index in [1.54, 1.807) is 4.90 Å². The number of fused-ring (bicyclic) bond motifs is 3. The average Bonchev–Trinajstić information content (AvgIpc) is 3.16. The largest absolute Gasteiger partial charge is 0.481 e. The van der Waals surface area contributed by atoms with Crippen molar-refractivity contribution >= 4 is 18.0 Å². The Balaban J connectivity index is 1.59. The van der Waals surface area contributed by atoms with Crippen LogP contribution in [0, 0.1) is 0 Å². The number of ether oxygens (including phenoxy) is 2. The van der Waals surface area contributed by atoms with Gasteiger partial charge in [0.2, 0.25) is 5.91 Å². The van der Waals surface area contributed by atoms with Crippen molar-refractivity contribution in [3.05, 3.63) is 59.7 Å². The quantitative estimate of drug-likeness (QED) is 0.461. The molecule has 2 aromatic rings. The van der Waals surface area contributed by atoms with Gasteiger partial charge in [-0.1, -0.05) is 48.5 Å². The predicted molar refractivity (Wildman–Crippen MR) is 128 cm³/mol. The number of benzene rings is 2. The number of rotatable bonds is 12. The monoisotopic (exact) mass is 468 g/mol. The van der Waals surface area contributed by atoms with Crippen LogP contribution in [0.4, 0.5) is 4.79 Å². The Morgan fingerprint density at radius 2 is 1.65 bits per heavy atom. The lowest BCUT2D eigenvalue weighted by molar-refractivity contribution is -0.137. The lowest BCUT2D eigenvalue weighted by Crippen LogP contribution is -2.51. The van der Waals surface area contributed by atoms with E-state index in [-0.39, 0.29) is 31.5 Å². The number of hydrogen-bond donors (Lipinski definition) is 2. The van der Waals surface area contributed by atoms with Gasteiger partial charge in [0.05, 0.1) is 6.61 Å². The summed E-state index contributed by atoms with van der Waals surface area (Å²) < 4.78 is 10.7. The molecule has 1 aliphatic rings. The topological polar surface area (TPSA) is 105 Å². The summed E-state index contributed by atoms with van der Waals surface area (Å²) in [6, 6.07) is 15.3. The number of aliphatic carboxylic acids is 1. The number of carbonyl (C=O) groups is 3. The number of alkyl carbamates (subject to hydrolysis) is 1. The molecular weight excluding hydrogens is 436 g/mol. The van der Waals surface area contributed by atoms with E-state index in [2.05, 4.69) is 17.4 Å². The maximum Gasteiger partial charge on any atom is 0.407 e. The molecule has 8 nitrogen and oxygen atoms in total. The predicted octanol–water partition coefficient (Wildman–Crippen LogP) is 3.64. The normalized spacial score (nSPS) is 13.0. The second-order valence-corrected chi connectivity index (χ2v) is 8.25. The Morgan fingerprint density at radius 1 is 1.03 bits per heavy atom. The minimum absolute atomic E-state index is 0.00859. The number of carboxylic acids is 1. The maximum absolute atomic E-state index is 13.0. The third-order valence-electron chi connectivity index (χ3n) is 6.03. The summed E-state index contributed by atoms with van der Waals surface area (Å²) in [7, 11) is 1.46. The van der Waals surface area contributed by atoms with Gasteiger partial charge >= 0.3 is 12.1 Å². The van der Waals surface area contributed by atoms with Crippen LogP contribution in [-0.2, 0) is 19.1 Å². The molecule has 0 fully saturated rings. The fourth-order valence-corrected chi connectivity index (χ4v) is 4.35. The molecule has 0 radical (unpaired) electrons. The zero-order valence-corrected chi connectivity index (χ0v) is 19.7. The summed E-state index contributed by atoms with van der Waals surface area (Å²) >= 11 is 0. The van der Waals surface area contributed by atoms with Crippen molar-refractivity contribution in [1.82, 2.24) is 10.2 Å². The van der Waals surface area contributed by atoms with E-state index >= 15 is 0 Å². The Morgan fingerprint density at radius 3 is 2.21 bits per heavy atom. The first-order valence-corrected chi connectivity index (χ1v) is 11.6. The van der Waals surface area contributed by atoms with E-state index in [1.165, 1.54) is 7.11 Å². The molecule has 0 aromatic heterocycles. The first kappa shape index (κ1) is 25.2. The molecule has 0 aliphatic heterocycles. The smallest absolute Gasteiger partial charge is 0.407 e. The van der Waals surface area contributed by atoms with Gasteiger partial charge in [-0.05, 0) is 42.0 Å². The molecular formula is C26H32N2O6. The number of unbranched alkanes of at least 4 members (excludes halogenated alkanes) is 1. The first-order chi connectivity index (χ1) is 16.5. The first-order valence-electron chi connectivity index (χ1n) is 11.6. The van der Waals surface area contributed by atoms with Gasteiger partial charge in [0.1, 0.15) is 12.6 Å². The number of carbonyl (C=O) groups excluding carboxylic acids is 2. The highest BCUT2D eigenvalue weighted by Gasteiger charge is 2.30. The summed E-state index contributed by atoms with van der Waals surface area (Å²) in [5, 5.41) is 11.4. The maximum atomic E-state index is 13.0. The molecule has 182 valence electrons. The second kappa shape index (κ2) is 12.2. The van der Waals surface area contributed by atoms with Crippen LogP contribution < -0.4 is 5.32 Å². The van der Waals surface area contributed by atoms with Crippen LogP contribution in [-0.4, -0.2) is 67.4 Å². The second-order valence-electron chi connectivity index (χ2n) is 8.25. The van der Waals surface area contributed by atoms with Crippen molar-refractivity contribution in [1.29, 1.82) is 0 Å². The van der Waals surface area contributed by atoms with Crippen molar-refractivity contribution in [3.8, 4) is 11.1 Å². The summed E-state index contributed by atoms with van der Waals surface area (Å²) in [6.45, 7) is 2.86. The zero-order chi connectivity index (χ0) is 24.5. The van der Waals surface area contributed by atoms with E-state index < -0.39 is 18.1 Å². The highest BCUT2D eigenvalue weighted by atomic mass is 16.5. The molecule has 2 amide bonds. The van der Waals surface area contributed by atoms with Crippen molar-refractivity contribution in [3.63, 3.8) is 0 Å². The lowest BCUT2D eigenvalue weighted by atomic mass is 9.98. The van der Waals surface area contributed by atoms with Gasteiger partial charge in [-0.15, -0.1) is 0 Å². The molecule has 0 bridgehead atoms.